The van der Waals surface area contributed by atoms with E-state index in [1.165, 1.54) is 0 Å². The maximum atomic E-state index is 12.4. The Labute approximate surface area is 113 Å². The molecule has 1 aliphatic rings. The molecule has 2 atom stereocenters. The second-order valence-electron chi connectivity index (χ2n) is 4.62. The Bertz CT molecular complexity index is 408. The Morgan fingerprint density at radius 3 is 2.95 bits per heavy atom. The average molecular weight is 264 g/mol. The largest absolute Gasteiger partial charge is 0.382 e. The van der Waals surface area contributed by atoms with Crippen molar-refractivity contribution in [2.45, 2.75) is 12.1 Å². The van der Waals surface area contributed by atoms with E-state index in [-0.39, 0.29) is 12.0 Å². The summed E-state index contributed by atoms with van der Waals surface area (Å²) >= 11 is 0. The number of morpholine rings is 1. The standard InChI is InChI=1S/C14H20N2O3/c1-18-10-12-9-16(7-8-19-12)14(17)13(15)11-5-3-2-4-6-11/h2-6,12-13H,7-10,15H2,1H3. The molecule has 0 spiro atoms. The predicted octanol–water partition coefficient (Wildman–Crippen LogP) is 0.560. The SMILES string of the molecule is COCC1CN(C(=O)C(N)c2ccccc2)CCO1. The highest BCUT2D eigenvalue weighted by atomic mass is 16.5. The smallest absolute Gasteiger partial charge is 0.244 e. The van der Waals surface area contributed by atoms with Gasteiger partial charge in [-0.15, -0.1) is 0 Å². The summed E-state index contributed by atoms with van der Waals surface area (Å²) in [5.41, 5.74) is 6.86. The molecule has 0 saturated carbocycles. The number of ether oxygens (including phenoxy) is 2. The lowest BCUT2D eigenvalue weighted by Crippen LogP contribution is -2.49. The van der Waals surface area contributed by atoms with Crippen LogP contribution in [0.2, 0.25) is 0 Å². The number of nitrogens with zero attached hydrogens (tertiary/aromatic N) is 1. The summed E-state index contributed by atoms with van der Waals surface area (Å²) in [5, 5.41) is 0. The highest BCUT2D eigenvalue weighted by Crippen LogP contribution is 2.15. The number of amides is 1. The molecule has 1 aromatic carbocycles. The molecule has 1 aliphatic heterocycles. The first-order valence-corrected chi connectivity index (χ1v) is 6.42. The van der Waals surface area contributed by atoms with Crippen molar-refractivity contribution in [3.63, 3.8) is 0 Å². The molecule has 2 unspecified atom stereocenters. The minimum absolute atomic E-state index is 0.0596. The van der Waals surface area contributed by atoms with E-state index in [0.29, 0.717) is 26.3 Å². The van der Waals surface area contributed by atoms with Crippen LogP contribution in [0.1, 0.15) is 11.6 Å². The van der Waals surface area contributed by atoms with E-state index in [0.717, 1.165) is 5.56 Å². The van der Waals surface area contributed by atoms with Crippen LogP contribution in [0.4, 0.5) is 0 Å². The van der Waals surface area contributed by atoms with Crippen LogP contribution in [0.5, 0.6) is 0 Å². The first kappa shape index (κ1) is 14.0. The molecule has 1 fully saturated rings. The maximum Gasteiger partial charge on any atom is 0.244 e. The Hall–Kier alpha value is -1.43. The Kier molecular flexibility index (Phi) is 4.90. The van der Waals surface area contributed by atoms with Crippen molar-refractivity contribution in [2.24, 2.45) is 5.73 Å². The van der Waals surface area contributed by atoms with Gasteiger partial charge in [0.25, 0.3) is 0 Å². The molecule has 5 nitrogen and oxygen atoms in total. The number of nitrogens with two attached hydrogens (primary N) is 1. The van der Waals surface area contributed by atoms with Crippen LogP contribution in [0.15, 0.2) is 30.3 Å². The number of hydrogen-bond acceptors (Lipinski definition) is 4. The molecule has 1 heterocycles. The van der Waals surface area contributed by atoms with Crippen LogP contribution in [0.3, 0.4) is 0 Å². The molecule has 0 aliphatic carbocycles. The third-order valence-electron chi connectivity index (χ3n) is 3.23. The molecular formula is C14H20N2O3. The van der Waals surface area contributed by atoms with Crippen LogP contribution in [0.25, 0.3) is 0 Å². The lowest BCUT2D eigenvalue weighted by atomic mass is 10.1. The zero-order valence-corrected chi connectivity index (χ0v) is 11.1. The summed E-state index contributed by atoms with van der Waals surface area (Å²) < 4.78 is 10.6. The summed E-state index contributed by atoms with van der Waals surface area (Å²) in [6.07, 6.45) is -0.0642. The fourth-order valence-corrected chi connectivity index (χ4v) is 2.21. The topological polar surface area (TPSA) is 64.8 Å². The second kappa shape index (κ2) is 6.65. The van der Waals surface area contributed by atoms with Gasteiger partial charge in [0.05, 0.1) is 19.3 Å². The molecule has 2 N–H and O–H groups in total. The van der Waals surface area contributed by atoms with E-state index in [2.05, 4.69) is 0 Å². The van der Waals surface area contributed by atoms with Crippen molar-refractivity contribution < 1.29 is 14.3 Å². The van der Waals surface area contributed by atoms with Gasteiger partial charge in [0, 0.05) is 20.2 Å². The van der Waals surface area contributed by atoms with Gasteiger partial charge in [-0.3, -0.25) is 4.79 Å². The molecule has 104 valence electrons. The van der Waals surface area contributed by atoms with Crippen molar-refractivity contribution in [3.05, 3.63) is 35.9 Å². The van der Waals surface area contributed by atoms with Crippen molar-refractivity contribution >= 4 is 5.91 Å². The number of methoxy groups -OCH3 is 1. The lowest BCUT2D eigenvalue weighted by molar-refractivity contribution is -0.142. The normalized spacial score (nSPS) is 21.2. The Morgan fingerprint density at radius 2 is 2.26 bits per heavy atom. The molecular weight excluding hydrogens is 244 g/mol. The molecule has 1 amide bonds. The van der Waals surface area contributed by atoms with Crippen molar-refractivity contribution in [1.82, 2.24) is 4.90 Å². The molecule has 1 aromatic rings. The van der Waals surface area contributed by atoms with Crippen LogP contribution in [0, 0.1) is 0 Å². The summed E-state index contributed by atoms with van der Waals surface area (Å²) in [6, 6.07) is 8.81. The van der Waals surface area contributed by atoms with Gasteiger partial charge in [-0.05, 0) is 5.56 Å². The third-order valence-corrected chi connectivity index (χ3v) is 3.23. The molecule has 0 bridgehead atoms. The van der Waals surface area contributed by atoms with Gasteiger partial charge in [0.1, 0.15) is 6.04 Å². The first-order valence-electron chi connectivity index (χ1n) is 6.42. The summed E-state index contributed by atoms with van der Waals surface area (Å²) in [5.74, 6) is -0.0596. The van der Waals surface area contributed by atoms with Crippen LogP contribution in [-0.4, -0.2) is 50.3 Å². The third kappa shape index (κ3) is 3.53. The fraction of sp³-hybridized carbons (Fsp3) is 0.500. The van der Waals surface area contributed by atoms with E-state index in [1.807, 2.05) is 30.3 Å². The second-order valence-corrected chi connectivity index (χ2v) is 4.62. The van der Waals surface area contributed by atoms with Gasteiger partial charge < -0.3 is 20.1 Å². The van der Waals surface area contributed by atoms with Gasteiger partial charge in [-0.2, -0.15) is 0 Å². The number of carbonyl (C=O) groups excluding carboxylic acids is 1. The molecule has 1 saturated heterocycles. The summed E-state index contributed by atoms with van der Waals surface area (Å²) in [7, 11) is 1.62. The average Bonchev–Trinajstić information content (AvgIpc) is 2.47. The number of rotatable bonds is 4. The van der Waals surface area contributed by atoms with E-state index in [4.69, 9.17) is 15.2 Å². The highest BCUT2D eigenvalue weighted by Gasteiger charge is 2.28. The minimum atomic E-state index is -0.609. The van der Waals surface area contributed by atoms with Crippen LogP contribution < -0.4 is 5.73 Å². The zero-order valence-electron chi connectivity index (χ0n) is 11.1. The Morgan fingerprint density at radius 1 is 1.53 bits per heavy atom. The summed E-state index contributed by atoms with van der Waals surface area (Å²) in [4.78, 5) is 14.1. The molecule has 2 rings (SSSR count). The predicted molar refractivity (Wildman–Crippen MR) is 71.6 cm³/mol. The molecule has 0 aromatic heterocycles. The van der Waals surface area contributed by atoms with Gasteiger partial charge in [-0.25, -0.2) is 0 Å². The molecule has 5 heteroatoms. The molecule has 0 radical (unpaired) electrons. The fourth-order valence-electron chi connectivity index (χ4n) is 2.21. The van der Waals surface area contributed by atoms with E-state index in [9.17, 15) is 4.79 Å². The first-order chi connectivity index (χ1) is 9.22. The number of hydrogen-bond donors (Lipinski definition) is 1. The van der Waals surface area contributed by atoms with Gasteiger partial charge in [0.15, 0.2) is 0 Å². The monoisotopic (exact) mass is 264 g/mol. The van der Waals surface area contributed by atoms with Gasteiger partial charge >= 0.3 is 0 Å². The van der Waals surface area contributed by atoms with Crippen LogP contribution >= 0.6 is 0 Å². The van der Waals surface area contributed by atoms with Crippen molar-refractivity contribution in [1.29, 1.82) is 0 Å². The van der Waals surface area contributed by atoms with E-state index in [1.54, 1.807) is 12.0 Å². The van der Waals surface area contributed by atoms with Crippen molar-refractivity contribution in [2.75, 3.05) is 33.4 Å². The highest BCUT2D eigenvalue weighted by molar-refractivity contribution is 5.83. The van der Waals surface area contributed by atoms with E-state index >= 15 is 0 Å². The minimum Gasteiger partial charge on any atom is -0.382 e. The summed E-state index contributed by atoms with van der Waals surface area (Å²) in [6.45, 7) is 2.14. The van der Waals surface area contributed by atoms with Gasteiger partial charge in [0.2, 0.25) is 5.91 Å². The quantitative estimate of drug-likeness (QED) is 0.863. The number of benzene rings is 1. The number of carbonyl (C=O) groups is 1. The van der Waals surface area contributed by atoms with Gasteiger partial charge in [-0.1, -0.05) is 30.3 Å². The molecule has 19 heavy (non-hydrogen) atoms. The van der Waals surface area contributed by atoms with Crippen molar-refractivity contribution in [3.8, 4) is 0 Å². The zero-order chi connectivity index (χ0) is 13.7. The maximum absolute atomic E-state index is 12.4. The lowest BCUT2D eigenvalue weighted by Gasteiger charge is -2.34. The van der Waals surface area contributed by atoms with E-state index < -0.39 is 6.04 Å². The van der Waals surface area contributed by atoms with Crippen LogP contribution in [-0.2, 0) is 14.3 Å². The Balaban J connectivity index is 1.99.